The van der Waals surface area contributed by atoms with E-state index in [2.05, 4.69) is 10.1 Å². The minimum absolute atomic E-state index is 0.00821. The maximum absolute atomic E-state index is 12.5. The number of non-ortho nitro benzene ring substituents is 1. The Kier molecular flexibility index (Phi) is 4.65. The normalized spacial score (nSPS) is 17.3. The molecule has 0 fully saturated rings. The number of nitro groups is 1. The van der Waals surface area contributed by atoms with E-state index in [-0.39, 0.29) is 17.1 Å². The third-order valence-electron chi connectivity index (χ3n) is 4.97. The van der Waals surface area contributed by atoms with Crippen LogP contribution in [-0.2, 0) is 4.79 Å². The molecule has 0 bridgehead atoms. The summed E-state index contributed by atoms with van der Waals surface area (Å²) >= 11 is 1.26. The predicted octanol–water partition coefficient (Wildman–Crippen LogP) is 3.95. The summed E-state index contributed by atoms with van der Waals surface area (Å²) in [5.74, 6) is -0.509. The molecule has 1 aromatic heterocycles. The molecule has 2 aliphatic heterocycles. The van der Waals surface area contributed by atoms with Gasteiger partial charge >= 0.3 is 0 Å². The second-order valence-corrected chi connectivity index (χ2v) is 8.19. The van der Waals surface area contributed by atoms with E-state index in [1.165, 1.54) is 28.9 Å². The van der Waals surface area contributed by atoms with E-state index in [1.807, 2.05) is 31.4 Å². The highest BCUT2D eigenvalue weighted by Gasteiger charge is 2.34. The lowest BCUT2D eigenvalue weighted by atomic mass is 10.1. The number of amides is 1. The maximum Gasteiger partial charge on any atom is 0.283 e. The molecule has 1 amide bonds. The summed E-state index contributed by atoms with van der Waals surface area (Å²) in [5.41, 5.74) is 4.13. The van der Waals surface area contributed by atoms with E-state index in [4.69, 9.17) is 5.41 Å². The number of fused-ring (bicyclic) bond motifs is 1. The Hall–Kier alpha value is -3.53. The summed E-state index contributed by atoms with van der Waals surface area (Å²) in [4.78, 5) is 27.4. The Morgan fingerprint density at radius 1 is 1.20 bits per heavy atom. The van der Waals surface area contributed by atoms with Crippen LogP contribution in [0.2, 0.25) is 0 Å². The molecule has 1 N–H and O–H groups in total. The Bertz CT molecular complexity index is 1240. The number of nitro benzene ring substituents is 1. The highest BCUT2D eigenvalue weighted by molar-refractivity contribution is 8.26. The van der Waals surface area contributed by atoms with Gasteiger partial charge < -0.3 is 4.57 Å². The van der Waals surface area contributed by atoms with Crippen molar-refractivity contribution in [2.75, 3.05) is 0 Å². The van der Waals surface area contributed by atoms with Crippen molar-refractivity contribution in [2.24, 2.45) is 10.1 Å². The third-order valence-corrected chi connectivity index (χ3v) is 5.79. The number of hydrogen-bond acceptors (Lipinski definition) is 6. The van der Waals surface area contributed by atoms with E-state index >= 15 is 0 Å². The van der Waals surface area contributed by atoms with Gasteiger partial charge in [0.15, 0.2) is 5.84 Å². The van der Waals surface area contributed by atoms with Crippen molar-refractivity contribution >= 4 is 45.5 Å². The molecule has 2 aliphatic rings. The molecule has 30 heavy (non-hydrogen) atoms. The van der Waals surface area contributed by atoms with Gasteiger partial charge in [0.25, 0.3) is 11.6 Å². The minimum atomic E-state index is -0.486. The van der Waals surface area contributed by atoms with Crippen LogP contribution < -0.4 is 0 Å². The van der Waals surface area contributed by atoms with E-state index in [0.29, 0.717) is 15.9 Å². The summed E-state index contributed by atoms with van der Waals surface area (Å²) in [6, 6.07) is 6.61. The highest BCUT2D eigenvalue weighted by atomic mass is 32.2. The van der Waals surface area contributed by atoms with Crippen molar-refractivity contribution in [2.45, 2.75) is 27.7 Å². The van der Waals surface area contributed by atoms with Gasteiger partial charge in [0.1, 0.15) is 0 Å². The average Bonchev–Trinajstić information content (AvgIpc) is 3.18. The third kappa shape index (κ3) is 3.14. The second-order valence-electron chi connectivity index (χ2n) is 7.03. The number of carbonyl (C=O) groups is 1. The number of benzene rings is 1. The van der Waals surface area contributed by atoms with Gasteiger partial charge in [-0.2, -0.15) is 15.1 Å². The summed E-state index contributed by atoms with van der Waals surface area (Å²) in [7, 11) is 0. The van der Waals surface area contributed by atoms with Crippen molar-refractivity contribution in [3.05, 3.63) is 62.5 Å². The highest BCUT2D eigenvalue weighted by Crippen LogP contribution is 2.31. The number of nitrogens with one attached hydrogen (secondary N) is 1. The van der Waals surface area contributed by atoms with Crippen molar-refractivity contribution < 1.29 is 9.72 Å². The van der Waals surface area contributed by atoms with Crippen LogP contribution in [-0.4, -0.2) is 36.5 Å². The average molecular weight is 422 g/mol. The SMILES string of the molecule is CC1=NN2C(=N)C(=Cc3cc(C)n(-c4cc([N+](=O)[O-])ccc4C)c3C)C(=O)N=C2S1. The smallest absolute Gasteiger partial charge is 0.283 e. The van der Waals surface area contributed by atoms with Gasteiger partial charge in [-0.05, 0) is 62.7 Å². The van der Waals surface area contributed by atoms with Crippen LogP contribution in [0.15, 0.2) is 39.9 Å². The molecule has 1 aromatic carbocycles. The van der Waals surface area contributed by atoms with Crippen LogP contribution in [0.4, 0.5) is 5.69 Å². The molecule has 3 heterocycles. The lowest BCUT2D eigenvalue weighted by Gasteiger charge is -2.20. The van der Waals surface area contributed by atoms with Gasteiger partial charge in [0.2, 0.25) is 5.17 Å². The Morgan fingerprint density at radius 3 is 2.63 bits per heavy atom. The topological polar surface area (TPSA) is 117 Å². The molecular weight excluding hydrogens is 404 g/mol. The van der Waals surface area contributed by atoms with Gasteiger partial charge in [-0.1, -0.05) is 6.07 Å². The molecule has 4 rings (SSSR count). The summed E-state index contributed by atoms with van der Waals surface area (Å²) in [5, 5.41) is 26.3. The number of hydrogen-bond donors (Lipinski definition) is 1. The first-order valence-corrected chi connectivity index (χ1v) is 9.90. The number of nitrogens with zero attached hydrogens (tertiary/aromatic N) is 5. The van der Waals surface area contributed by atoms with E-state index in [1.54, 1.807) is 19.1 Å². The van der Waals surface area contributed by atoms with Crippen molar-refractivity contribution in [1.29, 1.82) is 5.41 Å². The van der Waals surface area contributed by atoms with Gasteiger partial charge in [-0.25, -0.2) is 0 Å². The number of aliphatic imine (C=N–C) groups is 1. The standard InChI is InChI=1S/C20H18N6O3S/c1-10-5-6-15(26(28)29)9-17(10)24-11(2)7-14(12(24)3)8-16-18(21)25-20(22-19(16)27)30-13(4)23-25/h5-9,21H,1-4H3. The van der Waals surface area contributed by atoms with Crippen LogP contribution in [0.3, 0.4) is 0 Å². The molecular formula is C20H18N6O3S. The molecule has 0 unspecified atom stereocenters. The number of aromatic nitrogens is 1. The Labute approximate surface area is 176 Å². The minimum Gasteiger partial charge on any atom is -0.317 e. The van der Waals surface area contributed by atoms with Gasteiger partial charge in [-0.15, -0.1) is 0 Å². The number of thioether (sulfide) groups is 1. The molecule has 9 nitrogen and oxygen atoms in total. The lowest BCUT2D eigenvalue weighted by molar-refractivity contribution is -0.384. The van der Waals surface area contributed by atoms with E-state index in [0.717, 1.165) is 22.5 Å². The molecule has 0 spiro atoms. The fourth-order valence-electron chi connectivity index (χ4n) is 3.50. The lowest BCUT2D eigenvalue weighted by Crippen LogP contribution is -2.35. The Morgan fingerprint density at radius 2 is 1.93 bits per heavy atom. The quantitative estimate of drug-likeness (QED) is 0.457. The van der Waals surface area contributed by atoms with E-state index in [9.17, 15) is 14.9 Å². The van der Waals surface area contributed by atoms with Gasteiger partial charge in [-0.3, -0.25) is 20.3 Å². The van der Waals surface area contributed by atoms with Crippen molar-refractivity contribution in [3.8, 4) is 5.69 Å². The van der Waals surface area contributed by atoms with Crippen LogP contribution in [0, 0.1) is 36.3 Å². The maximum atomic E-state index is 12.5. The molecule has 0 saturated carbocycles. The molecule has 10 heteroatoms. The zero-order valence-electron chi connectivity index (χ0n) is 16.8. The number of hydrazone groups is 1. The fraction of sp³-hybridized carbons (Fsp3) is 0.200. The first kappa shape index (κ1) is 19.8. The zero-order chi connectivity index (χ0) is 21.7. The Balaban J connectivity index is 1.81. The predicted molar refractivity (Wildman–Crippen MR) is 117 cm³/mol. The molecule has 0 atom stereocenters. The van der Waals surface area contributed by atoms with Crippen molar-refractivity contribution in [3.63, 3.8) is 0 Å². The number of carbonyl (C=O) groups excluding carboxylic acids is 1. The first-order valence-electron chi connectivity index (χ1n) is 9.08. The zero-order valence-corrected chi connectivity index (χ0v) is 17.6. The summed E-state index contributed by atoms with van der Waals surface area (Å²) < 4.78 is 1.91. The van der Waals surface area contributed by atoms with E-state index < -0.39 is 10.8 Å². The number of aryl methyl sites for hydroxylation is 2. The molecule has 0 aliphatic carbocycles. The fourth-order valence-corrected chi connectivity index (χ4v) is 4.23. The van der Waals surface area contributed by atoms with Gasteiger partial charge in [0.05, 0.1) is 21.2 Å². The molecule has 152 valence electrons. The van der Waals surface area contributed by atoms with Crippen LogP contribution in [0.25, 0.3) is 11.8 Å². The largest absolute Gasteiger partial charge is 0.317 e. The molecule has 2 aromatic rings. The first-order chi connectivity index (χ1) is 14.2. The summed E-state index contributed by atoms with van der Waals surface area (Å²) in [6.07, 6.45) is 1.63. The van der Waals surface area contributed by atoms with Crippen LogP contribution >= 0.6 is 11.8 Å². The van der Waals surface area contributed by atoms with Crippen LogP contribution in [0.5, 0.6) is 0 Å². The number of amidine groups is 2. The second kappa shape index (κ2) is 7.06. The number of rotatable bonds is 3. The monoisotopic (exact) mass is 422 g/mol. The van der Waals surface area contributed by atoms with Gasteiger partial charge in [0, 0.05) is 23.5 Å². The van der Waals surface area contributed by atoms with Crippen LogP contribution in [0.1, 0.15) is 29.4 Å². The molecule has 0 saturated heterocycles. The summed E-state index contributed by atoms with van der Waals surface area (Å²) in [6.45, 7) is 7.44. The van der Waals surface area contributed by atoms with Crippen molar-refractivity contribution in [1.82, 2.24) is 9.58 Å². The molecule has 0 radical (unpaired) electrons.